The van der Waals surface area contributed by atoms with Crippen molar-refractivity contribution in [2.45, 2.75) is 40.5 Å². The number of rotatable bonds is 2. The van der Waals surface area contributed by atoms with Crippen LogP contribution < -0.4 is 0 Å². The van der Waals surface area contributed by atoms with Gasteiger partial charge in [0.2, 0.25) is 0 Å². The van der Waals surface area contributed by atoms with Crippen molar-refractivity contribution in [2.75, 3.05) is 0 Å². The largest absolute Gasteiger partial charge is 0.204 e. The van der Waals surface area contributed by atoms with Gasteiger partial charge in [-0.15, -0.1) is 0 Å². The van der Waals surface area contributed by atoms with Gasteiger partial charge >= 0.3 is 0 Å². The Morgan fingerprint density at radius 1 is 1.14 bits per heavy atom. The molecule has 0 saturated heterocycles. The Morgan fingerprint density at radius 3 is 2.21 bits per heavy atom. The molecule has 0 fully saturated rings. The second-order valence-corrected chi connectivity index (χ2v) is 2.91. The highest BCUT2D eigenvalue weighted by atomic mass is 19.2. The van der Waals surface area contributed by atoms with E-state index in [4.69, 9.17) is 0 Å². The van der Waals surface area contributed by atoms with Gasteiger partial charge < -0.3 is 0 Å². The van der Waals surface area contributed by atoms with Crippen molar-refractivity contribution >= 4 is 0 Å². The molecule has 80 valence electrons. The minimum Gasteiger partial charge on any atom is -0.204 e. The summed E-state index contributed by atoms with van der Waals surface area (Å²) >= 11 is 0. The topological polar surface area (TPSA) is 0 Å². The van der Waals surface area contributed by atoms with Crippen LogP contribution in [0.25, 0.3) is 0 Å². The maximum Gasteiger partial charge on any atom is 0.162 e. The van der Waals surface area contributed by atoms with E-state index in [1.165, 1.54) is 6.07 Å². The first-order chi connectivity index (χ1) is 6.66. The third kappa shape index (κ3) is 3.09. The lowest BCUT2D eigenvalue weighted by Gasteiger charge is -2.05. The molecule has 1 rings (SSSR count). The number of hydrogen-bond donors (Lipinski definition) is 0. The van der Waals surface area contributed by atoms with E-state index in [1.807, 2.05) is 20.8 Å². The lowest BCUT2D eigenvalue weighted by molar-refractivity contribution is 0.496. The zero-order chi connectivity index (χ0) is 11.1. The second kappa shape index (κ2) is 6.52. The molecule has 0 atom stereocenters. The first-order valence-electron chi connectivity index (χ1n) is 5.10. The minimum atomic E-state index is -0.746. The third-order valence-corrected chi connectivity index (χ3v) is 1.93. The second-order valence-electron chi connectivity index (χ2n) is 2.91. The smallest absolute Gasteiger partial charge is 0.162 e. The van der Waals surface area contributed by atoms with Gasteiger partial charge in [-0.3, -0.25) is 0 Å². The fraction of sp³-hybridized carbons (Fsp3) is 0.500. The van der Waals surface area contributed by atoms with Gasteiger partial charge in [-0.2, -0.15) is 0 Å². The molecule has 0 nitrogen and oxygen atoms in total. The number of hydrogen-bond acceptors (Lipinski definition) is 0. The summed E-state index contributed by atoms with van der Waals surface area (Å²) < 4.78 is 25.8. The first-order valence-corrected chi connectivity index (χ1v) is 5.10. The molecule has 0 bridgehead atoms. The van der Waals surface area contributed by atoms with Crippen molar-refractivity contribution in [1.29, 1.82) is 0 Å². The Morgan fingerprint density at radius 2 is 1.71 bits per heavy atom. The van der Waals surface area contributed by atoms with Gasteiger partial charge in [-0.05, 0) is 30.5 Å². The normalized spacial score (nSPS) is 9.29. The molecule has 14 heavy (non-hydrogen) atoms. The molecular formula is C12H18F2. The van der Waals surface area contributed by atoms with Crippen LogP contribution in [0.3, 0.4) is 0 Å². The van der Waals surface area contributed by atoms with E-state index < -0.39 is 11.6 Å². The van der Waals surface area contributed by atoms with Gasteiger partial charge in [-0.25, -0.2) is 8.78 Å². The molecular weight excluding hydrogens is 182 g/mol. The maximum absolute atomic E-state index is 13.1. The third-order valence-electron chi connectivity index (χ3n) is 1.93. The average molecular weight is 200 g/mol. The molecule has 0 N–H and O–H groups in total. The summed E-state index contributed by atoms with van der Waals surface area (Å²) in [5, 5.41) is 0. The van der Waals surface area contributed by atoms with E-state index in [2.05, 4.69) is 0 Å². The molecule has 0 heterocycles. The molecule has 0 aliphatic heterocycles. The minimum absolute atomic E-state index is 0.512. The molecule has 0 saturated carbocycles. The van der Waals surface area contributed by atoms with Crippen LogP contribution in [0.1, 0.15) is 38.3 Å². The van der Waals surface area contributed by atoms with Crippen LogP contribution in [0.2, 0.25) is 0 Å². The first kappa shape index (κ1) is 13.1. The molecule has 0 aliphatic carbocycles. The van der Waals surface area contributed by atoms with Gasteiger partial charge in [0.05, 0.1) is 0 Å². The van der Waals surface area contributed by atoms with Crippen LogP contribution >= 0.6 is 0 Å². The number of halogens is 2. The Labute approximate surface area is 85.0 Å². The molecule has 0 radical (unpaired) electrons. The van der Waals surface area contributed by atoms with Crippen molar-refractivity contribution in [3.63, 3.8) is 0 Å². The van der Waals surface area contributed by atoms with Gasteiger partial charge in [0.1, 0.15) is 0 Å². The van der Waals surface area contributed by atoms with Crippen LogP contribution in [0, 0.1) is 18.6 Å². The highest BCUT2D eigenvalue weighted by Gasteiger charge is 2.09. The van der Waals surface area contributed by atoms with Crippen LogP contribution in [-0.2, 0) is 6.42 Å². The number of benzene rings is 1. The summed E-state index contributed by atoms with van der Waals surface area (Å²) in [6.45, 7) is 7.75. The predicted octanol–water partition coefficient (Wildman–Crippen LogP) is 4.25. The summed E-state index contributed by atoms with van der Waals surface area (Å²) in [6, 6.07) is 2.78. The molecule has 0 aliphatic rings. The van der Waals surface area contributed by atoms with Gasteiger partial charge in [0.25, 0.3) is 0 Å². The Bertz CT molecular complexity index is 280. The Kier molecular flexibility index (Phi) is 6.09. The lowest BCUT2D eigenvalue weighted by atomic mass is 10.0. The highest BCUT2D eigenvalue weighted by Crippen LogP contribution is 2.17. The van der Waals surface area contributed by atoms with Crippen molar-refractivity contribution < 1.29 is 8.78 Å². The molecule has 0 aromatic heterocycles. The summed E-state index contributed by atoms with van der Waals surface area (Å²) in [6.07, 6.45) is 1.44. The van der Waals surface area contributed by atoms with Gasteiger partial charge in [0.15, 0.2) is 11.6 Å². The van der Waals surface area contributed by atoms with Crippen molar-refractivity contribution in [3.8, 4) is 0 Å². The van der Waals surface area contributed by atoms with E-state index >= 15 is 0 Å². The van der Waals surface area contributed by atoms with Crippen LogP contribution in [-0.4, -0.2) is 0 Å². The zero-order valence-corrected chi connectivity index (χ0v) is 9.32. The standard InChI is InChI=1S/C10H12F2.C2H6/c1-3-4-8-7(2)5-6-9(11)10(8)12;1-2/h5-6H,3-4H2,1-2H3;1-2H3. The summed E-state index contributed by atoms with van der Waals surface area (Å²) in [5.41, 5.74) is 1.34. The van der Waals surface area contributed by atoms with Crippen molar-refractivity contribution in [1.82, 2.24) is 0 Å². The van der Waals surface area contributed by atoms with E-state index in [9.17, 15) is 8.78 Å². The molecule has 0 amide bonds. The number of aryl methyl sites for hydroxylation is 1. The van der Waals surface area contributed by atoms with E-state index in [0.29, 0.717) is 12.0 Å². The van der Waals surface area contributed by atoms with E-state index in [0.717, 1.165) is 12.0 Å². The van der Waals surface area contributed by atoms with E-state index in [1.54, 1.807) is 13.0 Å². The Hall–Kier alpha value is -0.920. The van der Waals surface area contributed by atoms with Crippen molar-refractivity contribution in [3.05, 3.63) is 34.9 Å². The van der Waals surface area contributed by atoms with Gasteiger partial charge in [-0.1, -0.05) is 33.3 Å². The van der Waals surface area contributed by atoms with Crippen LogP contribution in [0.4, 0.5) is 8.78 Å². The van der Waals surface area contributed by atoms with Crippen LogP contribution in [0.5, 0.6) is 0 Å². The van der Waals surface area contributed by atoms with Crippen molar-refractivity contribution in [2.24, 2.45) is 0 Å². The predicted molar refractivity (Wildman–Crippen MR) is 56.4 cm³/mol. The Balaban J connectivity index is 0.000000791. The molecule has 1 aromatic rings. The van der Waals surface area contributed by atoms with Gasteiger partial charge in [0, 0.05) is 0 Å². The SMILES string of the molecule is CC.CCCc1c(C)ccc(F)c1F. The lowest BCUT2D eigenvalue weighted by Crippen LogP contribution is -1.97. The highest BCUT2D eigenvalue weighted by molar-refractivity contribution is 5.28. The zero-order valence-electron chi connectivity index (χ0n) is 9.32. The average Bonchev–Trinajstić information content (AvgIpc) is 2.22. The molecule has 1 aromatic carbocycles. The maximum atomic E-state index is 13.1. The fourth-order valence-electron chi connectivity index (χ4n) is 1.25. The van der Waals surface area contributed by atoms with Crippen LogP contribution in [0.15, 0.2) is 12.1 Å². The quantitative estimate of drug-likeness (QED) is 0.669. The van der Waals surface area contributed by atoms with E-state index in [-0.39, 0.29) is 0 Å². The molecule has 0 spiro atoms. The monoisotopic (exact) mass is 200 g/mol. The molecule has 2 heteroatoms. The summed E-state index contributed by atoms with van der Waals surface area (Å²) in [4.78, 5) is 0. The summed E-state index contributed by atoms with van der Waals surface area (Å²) in [7, 11) is 0. The summed E-state index contributed by atoms with van der Waals surface area (Å²) in [5.74, 6) is -1.43. The fourth-order valence-corrected chi connectivity index (χ4v) is 1.25. The molecule has 0 unspecified atom stereocenters.